The zero-order valence-electron chi connectivity index (χ0n) is 9.38. The van der Waals surface area contributed by atoms with Crippen molar-refractivity contribution in [3.05, 3.63) is 60.7 Å². The Morgan fingerprint density at radius 3 is 2.65 bits per heavy atom. The van der Waals surface area contributed by atoms with E-state index in [0.717, 1.165) is 11.2 Å². The van der Waals surface area contributed by atoms with Gasteiger partial charge in [0.15, 0.2) is 0 Å². The molecule has 17 heavy (non-hydrogen) atoms. The predicted octanol–water partition coefficient (Wildman–Crippen LogP) is 2.46. The average molecular weight is 223 g/mol. The number of nitrogens with zero attached hydrogens (tertiary/aromatic N) is 2. The van der Waals surface area contributed by atoms with E-state index in [1.54, 1.807) is 0 Å². The molecule has 2 aromatic heterocycles. The van der Waals surface area contributed by atoms with Gasteiger partial charge in [-0.2, -0.15) is 0 Å². The second kappa shape index (κ2) is 4.03. The van der Waals surface area contributed by atoms with Gasteiger partial charge < -0.3 is 10.1 Å². The fourth-order valence-corrected chi connectivity index (χ4v) is 2.14. The summed E-state index contributed by atoms with van der Waals surface area (Å²) in [6, 6.07) is 14.4. The third-order valence-corrected chi connectivity index (χ3v) is 2.97. The van der Waals surface area contributed by atoms with Crippen molar-refractivity contribution in [3.63, 3.8) is 0 Å². The lowest BCUT2D eigenvalue weighted by atomic mass is 10.0. The maximum Gasteiger partial charge on any atom is 0.0994 e. The Bertz CT molecular complexity index is 641. The van der Waals surface area contributed by atoms with Gasteiger partial charge in [0, 0.05) is 17.8 Å². The van der Waals surface area contributed by atoms with Crippen molar-refractivity contribution >= 4 is 5.52 Å². The molecule has 2 heterocycles. The van der Waals surface area contributed by atoms with E-state index < -0.39 is 0 Å². The molecule has 84 valence electrons. The van der Waals surface area contributed by atoms with Crippen LogP contribution >= 0.6 is 0 Å². The van der Waals surface area contributed by atoms with Gasteiger partial charge in [-0.15, -0.1) is 0 Å². The van der Waals surface area contributed by atoms with Crippen molar-refractivity contribution in [2.24, 2.45) is 5.73 Å². The van der Waals surface area contributed by atoms with Crippen LogP contribution in [0, 0.1) is 0 Å². The summed E-state index contributed by atoms with van der Waals surface area (Å²) in [5.74, 6) is 0. The Balaban J connectivity index is 2.29. The van der Waals surface area contributed by atoms with Crippen LogP contribution < -0.4 is 5.73 Å². The van der Waals surface area contributed by atoms with Gasteiger partial charge in [-0.3, -0.25) is 0 Å². The molecule has 0 radical (unpaired) electrons. The molecule has 3 heteroatoms. The third-order valence-electron chi connectivity index (χ3n) is 2.97. The lowest BCUT2D eigenvalue weighted by Crippen LogP contribution is -2.05. The number of aromatic nitrogens is 2. The maximum atomic E-state index is 5.86. The first-order valence-electron chi connectivity index (χ1n) is 5.59. The minimum Gasteiger partial charge on any atom is -0.325 e. The highest BCUT2D eigenvalue weighted by Gasteiger charge is 2.07. The monoisotopic (exact) mass is 223 g/mol. The van der Waals surface area contributed by atoms with Gasteiger partial charge in [0.05, 0.1) is 18.0 Å². The van der Waals surface area contributed by atoms with Crippen molar-refractivity contribution in [1.29, 1.82) is 0 Å². The van der Waals surface area contributed by atoms with Crippen LogP contribution in [-0.2, 0) is 6.54 Å². The Morgan fingerprint density at radius 2 is 1.88 bits per heavy atom. The first kappa shape index (κ1) is 10.1. The molecular weight excluding hydrogens is 210 g/mol. The molecule has 0 amide bonds. The zero-order valence-corrected chi connectivity index (χ0v) is 9.38. The summed E-state index contributed by atoms with van der Waals surface area (Å²) in [6.45, 7) is 0.498. The van der Waals surface area contributed by atoms with Gasteiger partial charge in [0.1, 0.15) is 0 Å². The third kappa shape index (κ3) is 1.61. The second-order valence-corrected chi connectivity index (χ2v) is 3.95. The normalized spacial score (nSPS) is 10.9. The maximum absolute atomic E-state index is 5.86. The number of rotatable bonds is 2. The largest absolute Gasteiger partial charge is 0.325 e. The summed E-state index contributed by atoms with van der Waals surface area (Å²) < 4.78 is 2.04. The van der Waals surface area contributed by atoms with E-state index >= 15 is 0 Å². The van der Waals surface area contributed by atoms with E-state index in [1.807, 2.05) is 35.1 Å². The van der Waals surface area contributed by atoms with Crippen molar-refractivity contribution in [3.8, 4) is 11.1 Å². The van der Waals surface area contributed by atoms with E-state index in [9.17, 15) is 0 Å². The van der Waals surface area contributed by atoms with Crippen LogP contribution in [0.4, 0.5) is 0 Å². The molecule has 0 unspecified atom stereocenters. The van der Waals surface area contributed by atoms with Gasteiger partial charge in [-0.1, -0.05) is 36.4 Å². The summed E-state index contributed by atoms with van der Waals surface area (Å²) >= 11 is 0. The molecule has 3 nitrogen and oxygen atoms in total. The number of nitrogens with two attached hydrogens (primary N) is 1. The molecule has 0 aliphatic heterocycles. The highest BCUT2D eigenvalue weighted by molar-refractivity contribution is 5.69. The summed E-state index contributed by atoms with van der Waals surface area (Å²) in [6.07, 6.45) is 3.65. The fraction of sp³-hybridized carbons (Fsp3) is 0.0714. The van der Waals surface area contributed by atoms with Crippen molar-refractivity contribution in [2.45, 2.75) is 6.54 Å². The van der Waals surface area contributed by atoms with Crippen LogP contribution in [0.15, 0.2) is 55.0 Å². The summed E-state index contributed by atoms with van der Waals surface area (Å²) in [7, 11) is 0. The molecule has 0 aliphatic rings. The molecule has 0 spiro atoms. The van der Waals surface area contributed by atoms with Gasteiger partial charge in [0.2, 0.25) is 0 Å². The van der Waals surface area contributed by atoms with Gasteiger partial charge >= 0.3 is 0 Å². The molecule has 0 aliphatic carbocycles. The van der Waals surface area contributed by atoms with Crippen molar-refractivity contribution in [1.82, 2.24) is 9.38 Å². The number of benzene rings is 1. The van der Waals surface area contributed by atoms with Crippen LogP contribution in [0.25, 0.3) is 16.6 Å². The fourth-order valence-electron chi connectivity index (χ4n) is 2.14. The van der Waals surface area contributed by atoms with Gasteiger partial charge in [-0.25, -0.2) is 4.98 Å². The standard InChI is InChI=1S/C14H13N3/c15-8-14-13(11-4-2-1-3-5-11)7-6-12-9-16-10-17(12)14/h1-7,9-10H,8,15H2. The zero-order chi connectivity index (χ0) is 11.7. The summed E-state index contributed by atoms with van der Waals surface area (Å²) in [4.78, 5) is 4.15. The van der Waals surface area contributed by atoms with E-state index in [1.165, 1.54) is 11.1 Å². The topological polar surface area (TPSA) is 43.3 Å². The molecule has 0 saturated heterocycles. The molecular formula is C14H13N3. The molecule has 0 fully saturated rings. The van der Waals surface area contributed by atoms with Crippen LogP contribution in [0.3, 0.4) is 0 Å². The minimum absolute atomic E-state index is 0.498. The van der Waals surface area contributed by atoms with E-state index in [-0.39, 0.29) is 0 Å². The number of imidazole rings is 1. The Hall–Kier alpha value is -2.13. The van der Waals surface area contributed by atoms with E-state index in [0.29, 0.717) is 6.54 Å². The summed E-state index contributed by atoms with van der Waals surface area (Å²) in [5.41, 5.74) is 10.4. The van der Waals surface area contributed by atoms with Crippen LogP contribution in [0.5, 0.6) is 0 Å². The van der Waals surface area contributed by atoms with Gasteiger partial charge in [0.25, 0.3) is 0 Å². The lowest BCUT2D eigenvalue weighted by molar-refractivity contribution is 0.944. The van der Waals surface area contributed by atoms with Crippen LogP contribution in [0.1, 0.15) is 5.69 Å². The number of hydrogen-bond acceptors (Lipinski definition) is 2. The SMILES string of the molecule is NCc1c(-c2ccccc2)ccc2cncn12. The molecule has 2 N–H and O–H groups in total. The smallest absolute Gasteiger partial charge is 0.0994 e. The van der Waals surface area contributed by atoms with Gasteiger partial charge in [-0.05, 0) is 11.6 Å². The van der Waals surface area contributed by atoms with E-state index in [2.05, 4.69) is 29.2 Å². The second-order valence-electron chi connectivity index (χ2n) is 3.95. The van der Waals surface area contributed by atoms with Crippen molar-refractivity contribution < 1.29 is 0 Å². The Labute approximate surface area is 99.5 Å². The van der Waals surface area contributed by atoms with Crippen LogP contribution in [-0.4, -0.2) is 9.38 Å². The minimum atomic E-state index is 0.498. The number of pyridine rings is 1. The first-order valence-corrected chi connectivity index (χ1v) is 5.59. The molecule has 0 atom stereocenters. The van der Waals surface area contributed by atoms with Crippen LogP contribution in [0.2, 0.25) is 0 Å². The number of fused-ring (bicyclic) bond motifs is 1. The predicted molar refractivity (Wildman–Crippen MR) is 68.5 cm³/mol. The highest BCUT2D eigenvalue weighted by atomic mass is 15.0. The quantitative estimate of drug-likeness (QED) is 0.725. The lowest BCUT2D eigenvalue weighted by Gasteiger charge is -2.10. The molecule has 1 aromatic carbocycles. The molecule has 3 rings (SSSR count). The summed E-state index contributed by atoms with van der Waals surface area (Å²) in [5, 5.41) is 0. The number of hydrogen-bond donors (Lipinski definition) is 1. The Morgan fingerprint density at radius 1 is 1.06 bits per heavy atom. The highest BCUT2D eigenvalue weighted by Crippen LogP contribution is 2.24. The molecule has 3 aromatic rings. The van der Waals surface area contributed by atoms with E-state index in [4.69, 9.17) is 5.73 Å². The Kier molecular flexibility index (Phi) is 2.38. The average Bonchev–Trinajstić information content (AvgIpc) is 2.86. The first-order chi connectivity index (χ1) is 8.40. The van der Waals surface area contributed by atoms with Crippen molar-refractivity contribution in [2.75, 3.05) is 0 Å². The molecule has 0 bridgehead atoms. The molecule has 0 saturated carbocycles.